The maximum Gasteiger partial charge on any atom is 0.282 e. The summed E-state index contributed by atoms with van der Waals surface area (Å²) >= 11 is 1.45. The molecule has 0 N–H and O–H groups in total. The Morgan fingerprint density at radius 3 is 2.18 bits per heavy atom. The summed E-state index contributed by atoms with van der Waals surface area (Å²) in [6, 6.07) is 1.94. The average Bonchev–Trinajstić information content (AvgIpc) is 3.18. The van der Waals surface area contributed by atoms with Crippen molar-refractivity contribution in [3.05, 3.63) is 21.9 Å². The fraction of sp³-hybridized carbons (Fsp3) is 0.643. The molecule has 22 heavy (non-hydrogen) atoms. The third-order valence-corrected chi connectivity index (χ3v) is 7.34. The molecular weight excluding hydrogens is 322 g/mol. The van der Waals surface area contributed by atoms with Crippen LogP contribution < -0.4 is 0 Å². The van der Waals surface area contributed by atoms with Crippen LogP contribution >= 0.6 is 11.3 Å². The molecule has 3 rings (SSSR count). The molecule has 1 aromatic heterocycles. The molecule has 0 unspecified atom stereocenters. The second kappa shape index (κ2) is 6.27. The molecule has 8 heteroatoms. The van der Waals surface area contributed by atoms with E-state index in [0.29, 0.717) is 39.3 Å². The van der Waals surface area contributed by atoms with E-state index in [0.717, 1.165) is 23.3 Å². The van der Waals surface area contributed by atoms with Gasteiger partial charge >= 0.3 is 0 Å². The van der Waals surface area contributed by atoms with E-state index >= 15 is 0 Å². The van der Waals surface area contributed by atoms with Crippen LogP contribution in [0.1, 0.15) is 28.1 Å². The van der Waals surface area contributed by atoms with Gasteiger partial charge in [0.15, 0.2) is 0 Å². The number of thiophene rings is 1. The lowest BCUT2D eigenvalue weighted by Gasteiger charge is -2.35. The van der Waals surface area contributed by atoms with Gasteiger partial charge in [-0.2, -0.15) is 17.0 Å². The first kappa shape index (κ1) is 15.9. The lowest BCUT2D eigenvalue weighted by atomic mass is 10.2. The SMILES string of the molecule is Cc1ccsc1C(=O)N1CCN(S(=O)(=O)N2CCCC2)CC1. The molecule has 0 atom stereocenters. The summed E-state index contributed by atoms with van der Waals surface area (Å²) in [5, 5.41) is 1.91. The molecule has 1 amide bonds. The van der Waals surface area contributed by atoms with Gasteiger partial charge in [-0.15, -0.1) is 11.3 Å². The maximum atomic E-state index is 12.5. The summed E-state index contributed by atoms with van der Waals surface area (Å²) in [6.07, 6.45) is 1.88. The molecule has 2 fully saturated rings. The van der Waals surface area contributed by atoms with Crippen molar-refractivity contribution in [1.82, 2.24) is 13.5 Å². The molecule has 0 aliphatic carbocycles. The van der Waals surface area contributed by atoms with Crippen LogP contribution in [0, 0.1) is 6.92 Å². The van der Waals surface area contributed by atoms with Gasteiger partial charge in [0.2, 0.25) is 0 Å². The van der Waals surface area contributed by atoms with Crippen molar-refractivity contribution in [3.8, 4) is 0 Å². The highest BCUT2D eigenvalue weighted by molar-refractivity contribution is 7.86. The van der Waals surface area contributed by atoms with Crippen molar-refractivity contribution in [1.29, 1.82) is 0 Å². The number of hydrogen-bond donors (Lipinski definition) is 0. The molecule has 2 saturated heterocycles. The van der Waals surface area contributed by atoms with E-state index in [1.54, 1.807) is 9.21 Å². The Labute approximate surface area is 135 Å². The van der Waals surface area contributed by atoms with Crippen molar-refractivity contribution < 1.29 is 13.2 Å². The number of carbonyl (C=O) groups excluding carboxylic acids is 1. The van der Waals surface area contributed by atoms with Gasteiger partial charge in [0.25, 0.3) is 16.1 Å². The largest absolute Gasteiger partial charge is 0.335 e. The number of hydrogen-bond acceptors (Lipinski definition) is 4. The Balaban J connectivity index is 1.63. The normalized spacial score (nSPS) is 21.4. The molecular formula is C14H21N3O3S2. The minimum absolute atomic E-state index is 0.0192. The van der Waals surface area contributed by atoms with Gasteiger partial charge in [0.1, 0.15) is 0 Å². The van der Waals surface area contributed by atoms with Crippen molar-refractivity contribution in [3.63, 3.8) is 0 Å². The zero-order chi connectivity index (χ0) is 15.7. The Kier molecular flexibility index (Phi) is 4.54. The van der Waals surface area contributed by atoms with Crippen molar-refractivity contribution in [2.75, 3.05) is 39.3 Å². The number of rotatable bonds is 3. The van der Waals surface area contributed by atoms with Gasteiger partial charge in [0.05, 0.1) is 4.88 Å². The number of amides is 1. The molecule has 0 aromatic carbocycles. The second-order valence-corrected chi connectivity index (χ2v) is 8.58. The first-order valence-corrected chi connectivity index (χ1v) is 9.86. The topological polar surface area (TPSA) is 60.9 Å². The van der Waals surface area contributed by atoms with Crippen LogP contribution in [0.4, 0.5) is 0 Å². The Morgan fingerprint density at radius 1 is 1.05 bits per heavy atom. The monoisotopic (exact) mass is 343 g/mol. The smallest absolute Gasteiger partial charge is 0.282 e. The standard InChI is InChI=1S/C14H21N3O3S2/c1-12-4-11-21-13(12)14(18)15-7-9-17(10-8-15)22(19,20)16-5-2-3-6-16/h4,11H,2-3,5-10H2,1H3. The molecule has 2 aliphatic rings. The van der Waals surface area contributed by atoms with Crippen molar-refractivity contribution in [2.45, 2.75) is 19.8 Å². The molecule has 6 nitrogen and oxygen atoms in total. The van der Waals surface area contributed by atoms with Crippen LogP contribution in [-0.4, -0.2) is 67.1 Å². The number of piperazine rings is 1. The average molecular weight is 343 g/mol. The molecule has 0 radical (unpaired) electrons. The number of carbonyl (C=O) groups is 1. The predicted octanol–water partition coefficient (Wildman–Crippen LogP) is 1.15. The summed E-state index contributed by atoms with van der Waals surface area (Å²) in [5.41, 5.74) is 0.988. The highest BCUT2D eigenvalue weighted by atomic mass is 32.2. The summed E-state index contributed by atoms with van der Waals surface area (Å²) in [4.78, 5) is 15.0. The van der Waals surface area contributed by atoms with E-state index in [4.69, 9.17) is 0 Å². The summed E-state index contributed by atoms with van der Waals surface area (Å²) in [6.45, 7) is 4.86. The van der Waals surface area contributed by atoms with Gasteiger partial charge in [-0.3, -0.25) is 4.79 Å². The van der Waals surface area contributed by atoms with Crippen LogP contribution in [-0.2, 0) is 10.2 Å². The first-order valence-electron chi connectivity index (χ1n) is 7.59. The Morgan fingerprint density at radius 2 is 1.64 bits per heavy atom. The zero-order valence-corrected chi connectivity index (χ0v) is 14.3. The van der Waals surface area contributed by atoms with Gasteiger partial charge < -0.3 is 4.90 Å². The summed E-state index contributed by atoms with van der Waals surface area (Å²) < 4.78 is 28.1. The van der Waals surface area contributed by atoms with Gasteiger partial charge in [-0.05, 0) is 36.8 Å². The first-order chi connectivity index (χ1) is 10.5. The summed E-state index contributed by atoms with van der Waals surface area (Å²) in [7, 11) is -3.34. The highest BCUT2D eigenvalue weighted by Crippen LogP contribution is 2.21. The van der Waals surface area contributed by atoms with Crippen molar-refractivity contribution >= 4 is 27.5 Å². The van der Waals surface area contributed by atoms with Crippen LogP contribution in [0.5, 0.6) is 0 Å². The fourth-order valence-corrected chi connectivity index (χ4v) is 5.50. The van der Waals surface area contributed by atoms with Crippen LogP contribution in [0.15, 0.2) is 11.4 Å². The van der Waals surface area contributed by atoms with Crippen molar-refractivity contribution in [2.24, 2.45) is 0 Å². The van der Waals surface area contributed by atoms with Crippen LogP contribution in [0.25, 0.3) is 0 Å². The third-order valence-electron chi connectivity index (χ3n) is 4.30. The second-order valence-electron chi connectivity index (χ2n) is 5.74. The maximum absolute atomic E-state index is 12.5. The van der Waals surface area contributed by atoms with E-state index in [-0.39, 0.29) is 5.91 Å². The lowest BCUT2D eigenvalue weighted by molar-refractivity contribution is 0.0699. The number of nitrogens with zero attached hydrogens (tertiary/aromatic N) is 3. The van der Waals surface area contributed by atoms with E-state index in [2.05, 4.69) is 0 Å². The fourth-order valence-electron chi connectivity index (χ4n) is 2.94. The molecule has 0 bridgehead atoms. The van der Waals surface area contributed by atoms with Gasteiger partial charge in [0, 0.05) is 39.3 Å². The molecule has 122 valence electrons. The van der Waals surface area contributed by atoms with E-state index in [1.165, 1.54) is 15.6 Å². The van der Waals surface area contributed by atoms with E-state index in [9.17, 15) is 13.2 Å². The van der Waals surface area contributed by atoms with Gasteiger partial charge in [-0.25, -0.2) is 0 Å². The quantitative estimate of drug-likeness (QED) is 0.827. The van der Waals surface area contributed by atoms with E-state index < -0.39 is 10.2 Å². The third kappa shape index (κ3) is 2.92. The van der Waals surface area contributed by atoms with Crippen LogP contribution in [0.2, 0.25) is 0 Å². The number of aryl methyl sites for hydroxylation is 1. The van der Waals surface area contributed by atoms with Gasteiger partial charge in [-0.1, -0.05) is 0 Å². The zero-order valence-electron chi connectivity index (χ0n) is 12.7. The molecule has 0 spiro atoms. The molecule has 3 heterocycles. The van der Waals surface area contributed by atoms with Crippen LogP contribution in [0.3, 0.4) is 0 Å². The molecule has 0 saturated carbocycles. The Bertz CT molecular complexity index is 642. The minimum atomic E-state index is -3.34. The summed E-state index contributed by atoms with van der Waals surface area (Å²) in [5.74, 6) is 0.0192. The minimum Gasteiger partial charge on any atom is -0.335 e. The van der Waals surface area contributed by atoms with E-state index in [1.807, 2.05) is 18.4 Å². The predicted molar refractivity (Wildman–Crippen MR) is 86.3 cm³/mol. The Hall–Kier alpha value is -0.960. The highest BCUT2D eigenvalue weighted by Gasteiger charge is 2.35. The molecule has 2 aliphatic heterocycles. The lowest BCUT2D eigenvalue weighted by Crippen LogP contribution is -2.53. The molecule has 1 aromatic rings.